The summed E-state index contributed by atoms with van der Waals surface area (Å²) in [5.41, 5.74) is 5.44. The van der Waals surface area contributed by atoms with E-state index in [1.807, 2.05) is 0 Å². The predicted molar refractivity (Wildman–Crippen MR) is 60.3 cm³/mol. The first kappa shape index (κ1) is 10.9. The average Bonchev–Trinajstić information content (AvgIpc) is 2.73. The number of carbonyl (C=O) groups is 1. The summed E-state index contributed by atoms with van der Waals surface area (Å²) in [5, 5.41) is 3.61. The molecule has 0 aromatic rings. The van der Waals surface area contributed by atoms with Crippen molar-refractivity contribution in [2.75, 3.05) is 6.54 Å². The van der Waals surface area contributed by atoms with E-state index in [2.05, 4.69) is 12.2 Å². The fraction of sp³-hybridized carbons (Fsp3) is 0.917. The normalized spacial score (nSPS) is 38.5. The zero-order chi connectivity index (χ0) is 10.9. The van der Waals surface area contributed by atoms with Gasteiger partial charge in [-0.2, -0.15) is 0 Å². The minimum absolute atomic E-state index is 0.0603. The van der Waals surface area contributed by atoms with Gasteiger partial charge in [0.15, 0.2) is 0 Å². The minimum atomic E-state index is -0.147. The molecular weight excluding hydrogens is 188 g/mol. The second kappa shape index (κ2) is 4.12. The maximum absolute atomic E-state index is 11.2. The lowest BCUT2D eigenvalue weighted by atomic mass is 9.78. The van der Waals surface area contributed by atoms with Crippen molar-refractivity contribution < 1.29 is 4.79 Å². The fourth-order valence-electron chi connectivity index (χ4n) is 3.62. The predicted octanol–water partition coefficient (Wildman–Crippen LogP) is 1.42. The summed E-state index contributed by atoms with van der Waals surface area (Å²) in [6.07, 6.45) is 6.78. The molecule has 2 rings (SSSR count). The van der Waals surface area contributed by atoms with Gasteiger partial charge >= 0.3 is 0 Å². The van der Waals surface area contributed by atoms with E-state index < -0.39 is 0 Å². The van der Waals surface area contributed by atoms with Gasteiger partial charge in [0.25, 0.3) is 0 Å². The molecule has 0 saturated heterocycles. The molecule has 86 valence electrons. The first-order chi connectivity index (χ1) is 7.16. The highest BCUT2D eigenvalue weighted by Crippen LogP contribution is 2.52. The molecule has 0 aromatic carbocycles. The molecule has 3 atom stereocenters. The van der Waals surface area contributed by atoms with Gasteiger partial charge in [-0.25, -0.2) is 0 Å². The monoisotopic (exact) mass is 210 g/mol. The maximum Gasteiger partial charge on any atom is 0.219 e. The van der Waals surface area contributed by atoms with Crippen molar-refractivity contribution >= 4 is 5.91 Å². The number of fused-ring (bicyclic) bond motifs is 2. The molecule has 0 aliphatic heterocycles. The number of nitrogens with two attached hydrogens (primary N) is 1. The highest BCUT2D eigenvalue weighted by Gasteiger charge is 2.50. The van der Waals surface area contributed by atoms with E-state index in [9.17, 15) is 4.79 Å². The molecule has 2 aliphatic rings. The molecule has 0 radical (unpaired) electrons. The maximum atomic E-state index is 11.2. The summed E-state index contributed by atoms with van der Waals surface area (Å²) in [6.45, 7) is 3.18. The van der Waals surface area contributed by atoms with Gasteiger partial charge in [-0.1, -0.05) is 13.3 Å². The lowest BCUT2D eigenvalue weighted by molar-refractivity contribution is -0.120. The van der Waals surface area contributed by atoms with Crippen molar-refractivity contribution in [1.29, 1.82) is 0 Å². The van der Waals surface area contributed by atoms with Crippen LogP contribution in [0.4, 0.5) is 0 Å². The molecule has 2 saturated carbocycles. The largest absolute Gasteiger partial charge is 0.370 e. The Morgan fingerprint density at radius 2 is 2.33 bits per heavy atom. The first-order valence-electron chi connectivity index (χ1n) is 6.19. The summed E-state index contributed by atoms with van der Waals surface area (Å²) in [7, 11) is 0. The van der Waals surface area contributed by atoms with Crippen LogP contribution in [-0.4, -0.2) is 18.0 Å². The van der Waals surface area contributed by atoms with Crippen LogP contribution in [0.1, 0.15) is 45.4 Å². The number of hydrogen-bond donors (Lipinski definition) is 2. The van der Waals surface area contributed by atoms with Gasteiger partial charge < -0.3 is 11.1 Å². The van der Waals surface area contributed by atoms with Crippen molar-refractivity contribution in [3.63, 3.8) is 0 Å². The van der Waals surface area contributed by atoms with Crippen LogP contribution in [0.5, 0.6) is 0 Å². The second-order valence-corrected chi connectivity index (χ2v) is 5.31. The Morgan fingerprint density at radius 1 is 1.53 bits per heavy atom. The smallest absolute Gasteiger partial charge is 0.219 e. The van der Waals surface area contributed by atoms with E-state index in [4.69, 9.17) is 5.73 Å². The Bertz CT molecular complexity index is 254. The summed E-state index contributed by atoms with van der Waals surface area (Å²) in [4.78, 5) is 11.2. The summed E-state index contributed by atoms with van der Waals surface area (Å²) in [5.74, 6) is 1.39. The summed E-state index contributed by atoms with van der Waals surface area (Å²) >= 11 is 0. The van der Waals surface area contributed by atoms with E-state index in [1.54, 1.807) is 0 Å². The number of amides is 1. The van der Waals surface area contributed by atoms with Gasteiger partial charge in [0.1, 0.15) is 0 Å². The van der Waals surface area contributed by atoms with E-state index in [0.717, 1.165) is 18.9 Å². The van der Waals surface area contributed by atoms with Crippen LogP contribution in [0.3, 0.4) is 0 Å². The van der Waals surface area contributed by atoms with Gasteiger partial charge in [-0.15, -0.1) is 0 Å². The van der Waals surface area contributed by atoms with Crippen LogP contribution in [0, 0.1) is 11.8 Å². The zero-order valence-electron chi connectivity index (χ0n) is 9.59. The van der Waals surface area contributed by atoms with Crippen LogP contribution < -0.4 is 11.1 Å². The molecule has 3 nitrogen and oxygen atoms in total. The van der Waals surface area contributed by atoms with Gasteiger partial charge in [-0.3, -0.25) is 4.79 Å². The van der Waals surface area contributed by atoms with Gasteiger partial charge in [0.2, 0.25) is 5.91 Å². The van der Waals surface area contributed by atoms with Crippen molar-refractivity contribution in [1.82, 2.24) is 5.32 Å². The van der Waals surface area contributed by atoms with Crippen molar-refractivity contribution in [3.8, 4) is 0 Å². The molecule has 3 unspecified atom stereocenters. The van der Waals surface area contributed by atoms with Crippen LogP contribution in [0.2, 0.25) is 0 Å². The number of primary amides is 1. The molecule has 2 fully saturated rings. The van der Waals surface area contributed by atoms with Crippen LogP contribution >= 0.6 is 0 Å². The molecule has 0 spiro atoms. The van der Waals surface area contributed by atoms with E-state index in [0.29, 0.717) is 12.3 Å². The number of hydrogen-bond acceptors (Lipinski definition) is 2. The quantitative estimate of drug-likeness (QED) is 0.721. The Balaban J connectivity index is 2.05. The Hall–Kier alpha value is -0.570. The Labute approximate surface area is 91.8 Å². The number of carbonyl (C=O) groups excluding carboxylic acids is 1. The van der Waals surface area contributed by atoms with Crippen molar-refractivity contribution in [2.24, 2.45) is 17.6 Å². The number of rotatable bonds is 5. The van der Waals surface area contributed by atoms with E-state index in [1.165, 1.54) is 25.7 Å². The van der Waals surface area contributed by atoms with Crippen LogP contribution in [0.25, 0.3) is 0 Å². The Kier molecular flexibility index (Phi) is 3.01. The highest BCUT2D eigenvalue weighted by atomic mass is 16.1. The highest BCUT2D eigenvalue weighted by molar-refractivity contribution is 5.75. The van der Waals surface area contributed by atoms with Gasteiger partial charge in [-0.05, 0) is 44.1 Å². The average molecular weight is 210 g/mol. The van der Waals surface area contributed by atoms with Crippen LogP contribution in [0.15, 0.2) is 0 Å². The molecule has 2 aliphatic carbocycles. The van der Waals surface area contributed by atoms with Crippen LogP contribution in [-0.2, 0) is 4.79 Å². The first-order valence-corrected chi connectivity index (χ1v) is 6.19. The summed E-state index contributed by atoms with van der Waals surface area (Å²) in [6, 6.07) is 0. The van der Waals surface area contributed by atoms with Crippen molar-refractivity contribution in [2.45, 2.75) is 51.0 Å². The molecule has 3 heteroatoms. The minimum Gasteiger partial charge on any atom is -0.370 e. The standard InChI is InChI=1S/C12H22N2O/c1-2-5-14-12(8-11(13)15)7-9-3-4-10(12)6-9/h9-10,14H,2-8H2,1H3,(H2,13,15). The molecule has 15 heavy (non-hydrogen) atoms. The Morgan fingerprint density at radius 3 is 2.80 bits per heavy atom. The molecule has 0 heterocycles. The molecule has 0 aromatic heterocycles. The third kappa shape index (κ3) is 2.03. The van der Waals surface area contributed by atoms with E-state index >= 15 is 0 Å². The zero-order valence-corrected chi connectivity index (χ0v) is 9.59. The second-order valence-electron chi connectivity index (χ2n) is 5.31. The van der Waals surface area contributed by atoms with Gasteiger partial charge in [0.05, 0.1) is 0 Å². The SMILES string of the molecule is CCCNC1(CC(N)=O)CC2CCC1C2. The van der Waals surface area contributed by atoms with E-state index in [-0.39, 0.29) is 11.4 Å². The fourth-order valence-corrected chi connectivity index (χ4v) is 3.62. The van der Waals surface area contributed by atoms with Crippen molar-refractivity contribution in [3.05, 3.63) is 0 Å². The molecule has 1 amide bonds. The topological polar surface area (TPSA) is 55.1 Å². The molecule has 3 N–H and O–H groups in total. The third-order valence-electron chi connectivity index (χ3n) is 4.19. The third-order valence-corrected chi connectivity index (χ3v) is 4.19. The molecular formula is C12H22N2O. The number of nitrogens with one attached hydrogen (secondary N) is 1. The molecule has 2 bridgehead atoms. The lowest BCUT2D eigenvalue weighted by Crippen LogP contribution is -2.52. The van der Waals surface area contributed by atoms with Gasteiger partial charge in [0, 0.05) is 12.0 Å². The summed E-state index contributed by atoms with van der Waals surface area (Å²) < 4.78 is 0. The lowest BCUT2D eigenvalue weighted by Gasteiger charge is -2.38.